The van der Waals surface area contributed by atoms with Gasteiger partial charge in [-0.25, -0.2) is 4.79 Å². The summed E-state index contributed by atoms with van der Waals surface area (Å²) in [6.07, 6.45) is 3.36. The van der Waals surface area contributed by atoms with Crippen molar-refractivity contribution < 1.29 is 14.3 Å². The van der Waals surface area contributed by atoms with Crippen LogP contribution in [0, 0.1) is 18.8 Å². The molecule has 0 radical (unpaired) electrons. The molecule has 2 unspecified atom stereocenters. The molecule has 1 aromatic rings. The van der Waals surface area contributed by atoms with Gasteiger partial charge in [0, 0.05) is 6.54 Å². The van der Waals surface area contributed by atoms with Crippen molar-refractivity contribution in [3.63, 3.8) is 0 Å². The molecule has 2 fully saturated rings. The largest absolute Gasteiger partial charge is 0.493 e. The fourth-order valence-electron chi connectivity index (χ4n) is 2.96. The standard InChI is InChI=1S/C20H29NO3.C2H6/c1-13-5-8-18(23-12-14-6-7-14)17(9-13)16-10-15(16)11-21-19(22)24-20(2,3)4;1-2/h5,8-9,14-16H,6-7,10-12H2,1-4H3,(H,21,22);1-2H3. The van der Waals surface area contributed by atoms with E-state index in [4.69, 9.17) is 9.47 Å². The first-order valence-electron chi connectivity index (χ1n) is 10.0. The van der Waals surface area contributed by atoms with E-state index in [1.165, 1.54) is 24.0 Å². The minimum absolute atomic E-state index is 0.331. The molecule has 0 bridgehead atoms. The number of alkyl carbamates (subject to hydrolysis) is 1. The van der Waals surface area contributed by atoms with Crippen LogP contribution in [0.1, 0.15) is 70.9 Å². The number of carbonyl (C=O) groups excluding carboxylic acids is 1. The van der Waals surface area contributed by atoms with Crippen molar-refractivity contribution in [1.82, 2.24) is 5.32 Å². The highest BCUT2D eigenvalue weighted by atomic mass is 16.6. The number of carbonyl (C=O) groups is 1. The van der Waals surface area contributed by atoms with E-state index in [1.807, 2.05) is 34.6 Å². The Balaban J connectivity index is 0.00000117. The lowest BCUT2D eigenvalue weighted by Gasteiger charge is -2.19. The van der Waals surface area contributed by atoms with Crippen molar-refractivity contribution in [2.24, 2.45) is 11.8 Å². The van der Waals surface area contributed by atoms with Gasteiger partial charge in [0.25, 0.3) is 0 Å². The molecule has 0 aliphatic heterocycles. The number of rotatable bonds is 6. The maximum Gasteiger partial charge on any atom is 0.407 e. The Bertz CT molecular complexity index is 602. The molecule has 0 spiro atoms. The van der Waals surface area contributed by atoms with Crippen molar-refractivity contribution in [2.75, 3.05) is 13.2 Å². The van der Waals surface area contributed by atoms with Gasteiger partial charge in [-0.2, -0.15) is 0 Å². The maximum absolute atomic E-state index is 11.8. The van der Waals surface area contributed by atoms with Gasteiger partial charge in [0.1, 0.15) is 11.4 Å². The molecule has 3 rings (SSSR count). The summed E-state index contributed by atoms with van der Waals surface area (Å²) in [7, 11) is 0. The molecule has 2 aliphatic rings. The molecular weight excluding hydrogens is 326 g/mol. The molecule has 0 heterocycles. The third kappa shape index (κ3) is 6.54. The Hall–Kier alpha value is -1.71. The zero-order valence-electron chi connectivity index (χ0n) is 17.2. The predicted octanol–water partition coefficient (Wildman–Crippen LogP) is 5.44. The van der Waals surface area contributed by atoms with E-state index in [1.54, 1.807) is 0 Å². The lowest BCUT2D eigenvalue weighted by atomic mass is 10.0. The summed E-state index contributed by atoms with van der Waals surface area (Å²) in [5.74, 6) is 2.73. The Morgan fingerprint density at radius 1 is 1.23 bits per heavy atom. The van der Waals surface area contributed by atoms with E-state index >= 15 is 0 Å². The fourth-order valence-corrected chi connectivity index (χ4v) is 2.96. The Kier molecular flexibility index (Phi) is 6.96. The quantitative estimate of drug-likeness (QED) is 0.734. The third-order valence-electron chi connectivity index (χ3n) is 4.57. The highest BCUT2D eigenvalue weighted by Gasteiger charge is 2.40. The molecule has 2 aliphatic carbocycles. The summed E-state index contributed by atoms with van der Waals surface area (Å²) in [5, 5.41) is 2.89. The molecule has 1 amide bonds. The monoisotopic (exact) mass is 361 g/mol. The number of hydrogen-bond donors (Lipinski definition) is 1. The van der Waals surface area contributed by atoms with Crippen LogP contribution in [0.25, 0.3) is 0 Å². The summed E-state index contributed by atoms with van der Waals surface area (Å²) in [5.41, 5.74) is 2.11. The Morgan fingerprint density at radius 2 is 1.92 bits per heavy atom. The Morgan fingerprint density at radius 3 is 2.54 bits per heavy atom. The summed E-state index contributed by atoms with van der Waals surface area (Å²) in [6, 6.07) is 6.45. The number of aryl methyl sites for hydroxylation is 1. The predicted molar refractivity (Wildman–Crippen MR) is 106 cm³/mol. The molecule has 0 saturated heterocycles. The van der Waals surface area contributed by atoms with Crippen LogP contribution in [0.15, 0.2) is 18.2 Å². The molecule has 26 heavy (non-hydrogen) atoms. The van der Waals surface area contributed by atoms with Crippen molar-refractivity contribution in [1.29, 1.82) is 0 Å². The molecule has 0 aromatic heterocycles. The summed E-state index contributed by atoms with van der Waals surface area (Å²) in [6.45, 7) is 13.2. The Labute approximate surface area is 158 Å². The van der Waals surface area contributed by atoms with Gasteiger partial charge in [0.15, 0.2) is 0 Å². The smallest absolute Gasteiger partial charge is 0.407 e. The second kappa shape index (κ2) is 8.79. The molecule has 2 saturated carbocycles. The van der Waals surface area contributed by atoms with Crippen LogP contribution in [0.4, 0.5) is 4.79 Å². The average Bonchev–Trinajstić information content (AvgIpc) is 3.46. The summed E-state index contributed by atoms with van der Waals surface area (Å²) < 4.78 is 11.3. The number of ether oxygens (including phenoxy) is 2. The van der Waals surface area contributed by atoms with Gasteiger partial charge >= 0.3 is 6.09 Å². The molecule has 2 atom stereocenters. The van der Waals surface area contributed by atoms with Crippen molar-refractivity contribution in [2.45, 2.75) is 72.3 Å². The zero-order chi connectivity index (χ0) is 19.3. The van der Waals surface area contributed by atoms with Crippen LogP contribution in [0.3, 0.4) is 0 Å². The van der Waals surface area contributed by atoms with Gasteiger partial charge in [0.2, 0.25) is 0 Å². The van der Waals surface area contributed by atoms with Gasteiger partial charge in [-0.1, -0.05) is 31.5 Å². The van der Waals surface area contributed by atoms with Crippen LogP contribution in [0.2, 0.25) is 0 Å². The van der Waals surface area contributed by atoms with Crippen LogP contribution in [-0.2, 0) is 4.74 Å². The van der Waals surface area contributed by atoms with Crippen molar-refractivity contribution in [3.8, 4) is 5.75 Å². The average molecular weight is 362 g/mol. The van der Waals surface area contributed by atoms with Crippen LogP contribution in [-0.4, -0.2) is 24.8 Å². The third-order valence-corrected chi connectivity index (χ3v) is 4.57. The minimum Gasteiger partial charge on any atom is -0.493 e. The van der Waals surface area contributed by atoms with E-state index in [9.17, 15) is 4.79 Å². The van der Waals surface area contributed by atoms with Crippen molar-refractivity contribution >= 4 is 6.09 Å². The normalized spacial score (nSPS) is 21.3. The molecular formula is C22H35NO3. The van der Waals surface area contributed by atoms with Crippen molar-refractivity contribution in [3.05, 3.63) is 29.3 Å². The fraction of sp³-hybridized carbons (Fsp3) is 0.682. The second-order valence-electron chi connectivity index (χ2n) is 8.28. The van der Waals surface area contributed by atoms with E-state index < -0.39 is 5.60 Å². The van der Waals surface area contributed by atoms with Crippen LogP contribution >= 0.6 is 0 Å². The van der Waals surface area contributed by atoms with E-state index in [0.29, 0.717) is 18.4 Å². The van der Waals surface area contributed by atoms with Crippen LogP contribution < -0.4 is 10.1 Å². The summed E-state index contributed by atoms with van der Waals surface area (Å²) >= 11 is 0. The first kappa shape index (κ1) is 20.6. The highest BCUT2D eigenvalue weighted by molar-refractivity contribution is 5.67. The number of nitrogens with one attached hydrogen (secondary N) is 1. The lowest BCUT2D eigenvalue weighted by molar-refractivity contribution is 0.0525. The lowest BCUT2D eigenvalue weighted by Crippen LogP contribution is -2.33. The second-order valence-corrected chi connectivity index (χ2v) is 8.28. The summed E-state index contributed by atoms with van der Waals surface area (Å²) in [4.78, 5) is 11.8. The van der Waals surface area contributed by atoms with Gasteiger partial charge < -0.3 is 14.8 Å². The van der Waals surface area contributed by atoms with E-state index in [0.717, 1.165) is 24.7 Å². The highest BCUT2D eigenvalue weighted by Crippen LogP contribution is 2.50. The SMILES string of the molecule is CC.Cc1ccc(OCC2CC2)c(C2CC2CNC(=O)OC(C)(C)C)c1. The van der Waals surface area contributed by atoms with Gasteiger partial charge in [-0.15, -0.1) is 0 Å². The molecule has 1 aromatic carbocycles. The molecule has 146 valence electrons. The van der Waals surface area contributed by atoms with E-state index in [-0.39, 0.29) is 6.09 Å². The molecule has 4 nitrogen and oxygen atoms in total. The van der Waals surface area contributed by atoms with Gasteiger partial charge in [-0.05, 0) is 76.3 Å². The zero-order valence-corrected chi connectivity index (χ0v) is 17.2. The molecule has 1 N–H and O–H groups in total. The number of hydrogen-bond acceptors (Lipinski definition) is 3. The first-order valence-corrected chi connectivity index (χ1v) is 10.0. The van der Waals surface area contributed by atoms with Crippen LogP contribution in [0.5, 0.6) is 5.75 Å². The maximum atomic E-state index is 11.8. The van der Waals surface area contributed by atoms with Gasteiger partial charge in [-0.3, -0.25) is 0 Å². The first-order chi connectivity index (χ1) is 12.3. The minimum atomic E-state index is -0.451. The number of amides is 1. The molecule has 4 heteroatoms. The number of benzene rings is 1. The van der Waals surface area contributed by atoms with E-state index in [2.05, 4.69) is 30.4 Å². The van der Waals surface area contributed by atoms with Gasteiger partial charge in [0.05, 0.1) is 6.61 Å². The topological polar surface area (TPSA) is 47.6 Å².